The molecule has 1 aliphatic rings. The second-order valence-corrected chi connectivity index (χ2v) is 2.45. The Bertz CT molecular complexity index is 257. The number of carbonyl (C=O) groups is 1. The molecule has 0 fully saturated rings. The van der Waals surface area contributed by atoms with Gasteiger partial charge in [-0.3, -0.25) is 4.79 Å². The number of hydrogen-bond acceptors (Lipinski definition) is 7. The van der Waals surface area contributed by atoms with Crippen LogP contribution in [0.2, 0.25) is 0 Å². The number of nitrogens with one attached hydrogen (secondary N) is 1. The van der Waals surface area contributed by atoms with Gasteiger partial charge in [0.2, 0.25) is 0 Å². The zero-order chi connectivity index (χ0) is 9.57. The van der Waals surface area contributed by atoms with Crippen LogP contribution in [0.4, 0.5) is 0 Å². The highest BCUT2D eigenvalue weighted by Gasteiger charge is 2.54. The molecule has 12 heavy (non-hydrogen) atoms. The SMILES string of the molecule is CC(=O)C1=NC(O)(O)C(O)(O)N1. The predicted molar refractivity (Wildman–Crippen MR) is 35.6 cm³/mol. The molecule has 1 rings (SSSR count). The van der Waals surface area contributed by atoms with Crippen LogP contribution >= 0.6 is 0 Å². The molecule has 0 aromatic carbocycles. The second-order valence-electron chi connectivity index (χ2n) is 2.45. The Kier molecular flexibility index (Phi) is 1.69. The zero-order valence-corrected chi connectivity index (χ0v) is 6.14. The van der Waals surface area contributed by atoms with Crippen molar-refractivity contribution in [1.82, 2.24) is 5.32 Å². The molecule has 0 spiro atoms. The van der Waals surface area contributed by atoms with Gasteiger partial charge in [-0.2, -0.15) is 4.99 Å². The molecule has 0 bridgehead atoms. The number of Topliss-reactive ketones (excluding diaryl/α,β-unsaturated/α-hetero) is 1. The van der Waals surface area contributed by atoms with Crippen LogP contribution in [0.1, 0.15) is 6.92 Å². The van der Waals surface area contributed by atoms with Crippen molar-refractivity contribution in [1.29, 1.82) is 0 Å². The second kappa shape index (κ2) is 2.23. The monoisotopic (exact) mass is 176 g/mol. The number of nitrogens with zero attached hydrogens (tertiary/aromatic N) is 1. The van der Waals surface area contributed by atoms with Crippen molar-refractivity contribution in [2.45, 2.75) is 18.7 Å². The molecule has 0 amide bonds. The number of ketones is 1. The van der Waals surface area contributed by atoms with Gasteiger partial charge in [0.05, 0.1) is 0 Å². The summed E-state index contributed by atoms with van der Waals surface area (Å²) in [4.78, 5) is 13.5. The summed E-state index contributed by atoms with van der Waals surface area (Å²) in [7, 11) is 0. The molecular weight excluding hydrogens is 168 g/mol. The van der Waals surface area contributed by atoms with Gasteiger partial charge in [-0.05, 0) is 0 Å². The molecule has 1 aliphatic heterocycles. The van der Waals surface area contributed by atoms with Gasteiger partial charge in [-0.15, -0.1) is 0 Å². The fourth-order valence-corrected chi connectivity index (χ4v) is 0.677. The van der Waals surface area contributed by atoms with E-state index in [9.17, 15) is 4.79 Å². The van der Waals surface area contributed by atoms with Crippen LogP contribution in [0.25, 0.3) is 0 Å². The number of rotatable bonds is 1. The summed E-state index contributed by atoms with van der Waals surface area (Å²) in [5, 5.41) is 37.0. The van der Waals surface area contributed by atoms with Crippen LogP contribution in [0.3, 0.4) is 0 Å². The maximum Gasteiger partial charge on any atom is 0.345 e. The van der Waals surface area contributed by atoms with Gasteiger partial charge in [0, 0.05) is 6.92 Å². The van der Waals surface area contributed by atoms with E-state index in [2.05, 4.69) is 4.99 Å². The van der Waals surface area contributed by atoms with Crippen molar-refractivity contribution in [2.75, 3.05) is 0 Å². The summed E-state index contributed by atoms with van der Waals surface area (Å²) in [5.74, 6) is -7.24. The lowest BCUT2D eigenvalue weighted by atomic mass is 10.4. The first kappa shape index (κ1) is 9.07. The normalized spacial score (nSPS) is 24.6. The summed E-state index contributed by atoms with van der Waals surface area (Å²) >= 11 is 0. The van der Waals surface area contributed by atoms with E-state index in [4.69, 9.17) is 20.4 Å². The Morgan fingerprint density at radius 1 is 1.42 bits per heavy atom. The van der Waals surface area contributed by atoms with Gasteiger partial charge in [0.15, 0.2) is 11.6 Å². The first-order valence-electron chi connectivity index (χ1n) is 3.05. The van der Waals surface area contributed by atoms with E-state index in [0.717, 1.165) is 6.92 Å². The first-order valence-corrected chi connectivity index (χ1v) is 3.05. The largest absolute Gasteiger partial charge is 0.345 e. The van der Waals surface area contributed by atoms with E-state index in [1.807, 2.05) is 0 Å². The van der Waals surface area contributed by atoms with Gasteiger partial charge >= 0.3 is 11.8 Å². The molecule has 0 aromatic rings. The van der Waals surface area contributed by atoms with E-state index in [0.29, 0.717) is 0 Å². The summed E-state index contributed by atoms with van der Waals surface area (Å²) in [5.41, 5.74) is 0. The lowest BCUT2D eigenvalue weighted by Crippen LogP contribution is -2.58. The number of carbonyl (C=O) groups excluding carboxylic acids is 1. The minimum absolute atomic E-state index is 0.495. The van der Waals surface area contributed by atoms with Gasteiger partial charge in [-0.1, -0.05) is 0 Å². The van der Waals surface area contributed by atoms with Crippen LogP contribution in [0, 0.1) is 0 Å². The topological polar surface area (TPSA) is 122 Å². The predicted octanol–water partition coefficient (Wildman–Crippen LogP) is -3.15. The van der Waals surface area contributed by atoms with E-state index in [1.54, 1.807) is 5.32 Å². The van der Waals surface area contributed by atoms with Gasteiger partial charge in [0.25, 0.3) is 0 Å². The van der Waals surface area contributed by atoms with E-state index >= 15 is 0 Å². The van der Waals surface area contributed by atoms with Crippen molar-refractivity contribution in [3.8, 4) is 0 Å². The van der Waals surface area contributed by atoms with Crippen molar-refractivity contribution in [3.05, 3.63) is 0 Å². The lowest BCUT2D eigenvalue weighted by Gasteiger charge is -2.24. The van der Waals surface area contributed by atoms with E-state index in [-0.39, 0.29) is 0 Å². The summed E-state index contributed by atoms with van der Waals surface area (Å²) in [6, 6.07) is 0. The Morgan fingerprint density at radius 3 is 2.08 bits per heavy atom. The minimum atomic E-state index is -3.09. The highest BCUT2D eigenvalue weighted by molar-refractivity contribution is 6.38. The van der Waals surface area contributed by atoms with Crippen molar-refractivity contribution in [2.24, 2.45) is 4.99 Å². The Morgan fingerprint density at radius 2 is 1.92 bits per heavy atom. The molecule has 0 aliphatic carbocycles. The summed E-state index contributed by atoms with van der Waals surface area (Å²) in [6.45, 7) is 1.09. The van der Waals surface area contributed by atoms with Crippen molar-refractivity contribution >= 4 is 11.6 Å². The van der Waals surface area contributed by atoms with Crippen LogP contribution in [-0.4, -0.2) is 43.9 Å². The molecular formula is C5H8N2O5. The van der Waals surface area contributed by atoms with Crippen LogP contribution in [-0.2, 0) is 4.79 Å². The zero-order valence-electron chi connectivity index (χ0n) is 6.14. The molecule has 5 N–H and O–H groups in total. The number of hydrogen-bond donors (Lipinski definition) is 5. The highest BCUT2D eigenvalue weighted by atomic mass is 16.6. The molecule has 0 unspecified atom stereocenters. The van der Waals surface area contributed by atoms with Crippen LogP contribution in [0.5, 0.6) is 0 Å². The fraction of sp³-hybridized carbons (Fsp3) is 0.600. The fourth-order valence-electron chi connectivity index (χ4n) is 0.677. The summed E-state index contributed by atoms with van der Waals surface area (Å²) in [6.07, 6.45) is 0. The van der Waals surface area contributed by atoms with Crippen LogP contribution < -0.4 is 5.32 Å². The molecule has 68 valence electrons. The third-order valence-electron chi connectivity index (χ3n) is 1.36. The Hall–Kier alpha value is -1.02. The third kappa shape index (κ3) is 1.18. The maximum absolute atomic E-state index is 10.6. The Balaban J connectivity index is 2.98. The molecule has 0 atom stereocenters. The number of aliphatic imine (C=N–C) groups is 1. The van der Waals surface area contributed by atoms with Gasteiger partial charge in [0.1, 0.15) is 0 Å². The minimum Gasteiger partial charge on any atom is -0.343 e. The molecule has 0 saturated carbocycles. The van der Waals surface area contributed by atoms with Crippen LogP contribution in [0.15, 0.2) is 4.99 Å². The average Bonchev–Trinajstić information content (AvgIpc) is 2.03. The first-order chi connectivity index (χ1) is 5.26. The smallest absolute Gasteiger partial charge is 0.343 e. The van der Waals surface area contributed by atoms with Gasteiger partial charge < -0.3 is 25.7 Å². The van der Waals surface area contributed by atoms with Crippen molar-refractivity contribution in [3.63, 3.8) is 0 Å². The number of amidine groups is 1. The maximum atomic E-state index is 10.6. The standard InChI is InChI=1S/C5H8N2O5/c1-2(8)3-6-4(9,10)5(11,12)7-3/h9-12H,1H3,(H,6,7). The molecule has 7 nitrogen and oxygen atoms in total. The molecule has 1 heterocycles. The van der Waals surface area contributed by atoms with Crippen molar-refractivity contribution < 1.29 is 25.2 Å². The highest BCUT2D eigenvalue weighted by Crippen LogP contribution is 2.21. The van der Waals surface area contributed by atoms with E-state index < -0.39 is 23.4 Å². The quantitative estimate of drug-likeness (QED) is 0.269. The molecule has 0 radical (unpaired) electrons. The molecule has 0 saturated heterocycles. The third-order valence-corrected chi connectivity index (χ3v) is 1.36. The number of aliphatic hydroxyl groups is 4. The molecule has 7 heteroatoms. The Labute approximate surface area is 67.0 Å². The molecule has 0 aromatic heterocycles. The summed E-state index contributed by atoms with van der Waals surface area (Å²) < 4.78 is 0. The average molecular weight is 176 g/mol. The van der Waals surface area contributed by atoms with Gasteiger partial charge in [-0.25, -0.2) is 0 Å². The lowest BCUT2D eigenvalue weighted by molar-refractivity contribution is -0.350. The van der Waals surface area contributed by atoms with E-state index in [1.165, 1.54) is 0 Å².